The second kappa shape index (κ2) is 6.39. The van der Waals surface area contributed by atoms with Crippen LogP contribution in [0.2, 0.25) is 5.02 Å². The van der Waals surface area contributed by atoms with E-state index in [1.807, 2.05) is 6.07 Å². The highest BCUT2D eigenvalue weighted by Gasteiger charge is 2.14. The van der Waals surface area contributed by atoms with E-state index in [1.165, 1.54) is 0 Å². The number of terminal acetylenes is 1. The van der Waals surface area contributed by atoms with Crippen LogP contribution in [-0.2, 0) is 0 Å². The van der Waals surface area contributed by atoms with Crippen LogP contribution in [0.4, 0.5) is 0 Å². The zero-order valence-corrected chi connectivity index (χ0v) is 9.92. The molecule has 16 heavy (non-hydrogen) atoms. The minimum atomic E-state index is -0.0248. The zero-order valence-electron chi connectivity index (χ0n) is 9.16. The Balaban J connectivity index is 2.95. The standard InChI is InChI=1S/C12H15ClN2O/c1-3-4-5-11(15-14)10-7-6-9(13)8-12(10)16-2/h1,6-8,11,15H,4-5,14H2,2H3. The molecule has 0 saturated heterocycles. The molecule has 86 valence electrons. The van der Waals surface area contributed by atoms with Crippen LogP contribution >= 0.6 is 11.6 Å². The van der Waals surface area contributed by atoms with E-state index in [0.717, 1.165) is 12.0 Å². The SMILES string of the molecule is C#CCCC(NN)c1ccc(Cl)cc1OC. The number of rotatable bonds is 5. The summed E-state index contributed by atoms with van der Waals surface area (Å²) >= 11 is 5.88. The highest BCUT2D eigenvalue weighted by atomic mass is 35.5. The van der Waals surface area contributed by atoms with E-state index in [1.54, 1.807) is 19.2 Å². The molecule has 0 heterocycles. The number of nitrogens with one attached hydrogen (secondary N) is 1. The van der Waals surface area contributed by atoms with E-state index in [4.69, 9.17) is 28.6 Å². The number of hydrogen-bond acceptors (Lipinski definition) is 3. The average molecular weight is 239 g/mol. The average Bonchev–Trinajstić information content (AvgIpc) is 2.31. The number of methoxy groups -OCH3 is 1. The first-order chi connectivity index (χ1) is 7.72. The van der Waals surface area contributed by atoms with Crippen molar-refractivity contribution < 1.29 is 4.74 Å². The van der Waals surface area contributed by atoms with Crippen LogP contribution in [0, 0.1) is 12.3 Å². The monoisotopic (exact) mass is 238 g/mol. The maximum Gasteiger partial charge on any atom is 0.125 e. The predicted molar refractivity (Wildman–Crippen MR) is 66.1 cm³/mol. The number of benzene rings is 1. The third-order valence-corrected chi connectivity index (χ3v) is 2.58. The maximum absolute atomic E-state index is 5.88. The summed E-state index contributed by atoms with van der Waals surface area (Å²) in [6.07, 6.45) is 6.64. The second-order valence-corrected chi connectivity index (χ2v) is 3.78. The molecule has 0 spiro atoms. The fourth-order valence-electron chi connectivity index (χ4n) is 1.53. The summed E-state index contributed by atoms with van der Waals surface area (Å²) in [5, 5.41) is 0.633. The minimum Gasteiger partial charge on any atom is -0.496 e. The Morgan fingerprint density at radius 3 is 2.94 bits per heavy atom. The Labute approximate surface area is 101 Å². The molecule has 0 fully saturated rings. The number of hydrogen-bond donors (Lipinski definition) is 2. The third kappa shape index (κ3) is 3.14. The van der Waals surface area contributed by atoms with Gasteiger partial charge in [0.25, 0.3) is 0 Å². The van der Waals surface area contributed by atoms with Crippen LogP contribution in [0.5, 0.6) is 5.75 Å². The molecule has 3 nitrogen and oxygen atoms in total. The molecule has 0 amide bonds. The number of ether oxygens (including phenoxy) is 1. The van der Waals surface area contributed by atoms with Gasteiger partial charge in [-0.15, -0.1) is 12.3 Å². The Bertz CT molecular complexity index is 387. The normalized spacial score (nSPS) is 11.9. The maximum atomic E-state index is 5.88. The summed E-state index contributed by atoms with van der Waals surface area (Å²) in [4.78, 5) is 0. The number of halogens is 1. The van der Waals surface area contributed by atoms with Crippen molar-refractivity contribution in [3.05, 3.63) is 28.8 Å². The van der Waals surface area contributed by atoms with Crippen molar-refractivity contribution in [2.75, 3.05) is 7.11 Å². The molecule has 1 rings (SSSR count). The van der Waals surface area contributed by atoms with Crippen molar-refractivity contribution in [3.63, 3.8) is 0 Å². The van der Waals surface area contributed by atoms with Gasteiger partial charge in [0.2, 0.25) is 0 Å². The molecule has 0 saturated carbocycles. The van der Waals surface area contributed by atoms with Crippen molar-refractivity contribution >= 4 is 11.6 Å². The molecule has 4 heteroatoms. The molecular weight excluding hydrogens is 224 g/mol. The van der Waals surface area contributed by atoms with Crippen LogP contribution in [0.15, 0.2) is 18.2 Å². The molecule has 0 aromatic heterocycles. The van der Waals surface area contributed by atoms with Gasteiger partial charge >= 0.3 is 0 Å². The summed E-state index contributed by atoms with van der Waals surface area (Å²) in [5.74, 6) is 8.80. The van der Waals surface area contributed by atoms with Crippen molar-refractivity contribution in [1.82, 2.24) is 5.43 Å². The lowest BCUT2D eigenvalue weighted by molar-refractivity contribution is 0.396. The van der Waals surface area contributed by atoms with E-state index >= 15 is 0 Å². The summed E-state index contributed by atoms with van der Waals surface area (Å²) in [7, 11) is 1.60. The van der Waals surface area contributed by atoms with Gasteiger partial charge in [-0.25, -0.2) is 0 Å². The van der Waals surface area contributed by atoms with Crippen LogP contribution in [-0.4, -0.2) is 7.11 Å². The van der Waals surface area contributed by atoms with Gasteiger partial charge in [-0.1, -0.05) is 17.7 Å². The van der Waals surface area contributed by atoms with Crippen molar-refractivity contribution in [1.29, 1.82) is 0 Å². The van der Waals surface area contributed by atoms with E-state index in [2.05, 4.69) is 11.3 Å². The van der Waals surface area contributed by atoms with Gasteiger partial charge in [0.1, 0.15) is 5.75 Å². The Morgan fingerprint density at radius 2 is 2.38 bits per heavy atom. The number of hydrazine groups is 1. The van der Waals surface area contributed by atoms with Crippen LogP contribution in [0.1, 0.15) is 24.4 Å². The molecule has 3 N–H and O–H groups in total. The molecular formula is C12H15ClN2O. The first kappa shape index (κ1) is 12.9. The molecule has 1 atom stereocenters. The lowest BCUT2D eigenvalue weighted by atomic mass is 10.0. The molecule has 1 aromatic rings. The molecule has 1 unspecified atom stereocenters. The molecule has 0 aliphatic rings. The van der Waals surface area contributed by atoms with Crippen molar-refractivity contribution in [2.45, 2.75) is 18.9 Å². The van der Waals surface area contributed by atoms with Gasteiger partial charge in [0.15, 0.2) is 0 Å². The van der Waals surface area contributed by atoms with Gasteiger partial charge in [0, 0.05) is 17.0 Å². The predicted octanol–water partition coefficient (Wildman–Crippen LogP) is 2.27. The summed E-state index contributed by atoms with van der Waals surface area (Å²) in [5.41, 5.74) is 3.69. The van der Waals surface area contributed by atoms with Crippen molar-refractivity contribution in [2.24, 2.45) is 5.84 Å². The quantitative estimate of drug-likeness (QED) is 0.470. The summed E-state index contributed by atoms with van der Waals surface area (Å²) in [6.45, 7) is 0. The topological polar surface area (TPSA) is 47.3 Å². The fraction of sp³-hybridized carbons (Fsp3) is 0.333. The van der Waals surface area contributed by atoms with Crippen LogP contribution < -0.4 is 16.0 Å². The van der Waals surface area contributed by atoms with E-state index in [0.29, 0.717) is 17.2 Å². The largest absolute Gasteiger partial charge is 0.496 e. The Hall–Kier alpha value is -1.21. The van der Waals surface area contributed by atoms with Crippen LogP contribution in [0.3, 0.4) is 0 Å². The first-order valence-corrected chi connectivity index (χ1v) is 5.33. The summed E-state index contributed by atoms with van der Waals surface area (Å²) in [6, 6.07) is 5.43. The van der Waals surface area contributed by atoms with Gasteiger partial charge in [-0.2, -0.15) is 0 Å². The Kier molecular flexibility index (Phi) is 5.13. The van der Waals surface area contributed by atoms with E-state index in [9.17, 15) is 0 Å². The molecule has 0 aliphatic carbocycles. The lowest BCUT2D eigenvalue weighted by Crippen LogP contribution is -2.28. The van der Waals surface area contributed by atoms with Gasteiger partial charge < -0.3 is 4.74 Å². The minimum absolute atomic E-state index is 0.0248. The smallest absolute Gasteiger partial charge is 0.125 e. The molecule has 0 bridgehead atoms. The summed E-state index contributed by atoms with van der Waals surface area (Å²) < 4.78 is 5.26. The van der Waals surface area contributed by atoms with Crippen molar-refractivity contribution in [3.8, 4) is 18.1 Å². The van der Waals surface area contributed by atoms with Gasteiger partial charge in [-0.05, 0) is 18.6 Å². The Morgan fingerprint density at radius 1 is 1.62 bits per heavy atom. The molecule has 0 aliphatic heterocycles. The zero-order chi connectivity index (χ0) is 12.0. The number of nitrogens with two attached hydrogens (primary N) is 1. The fourth-order valence-corrected chi connectivity index (χ4v) is 1.69. The van der Waals surface area contributed by atoms with Crippen LogP contribution in [0.25, 0.3) is 0 Å². The highest BCUT2D eigenvalue weighted by Crippen LogP contribution is 2.30. The highest BCUT2D eigenvalue weighted by molar-refractivity contribution is 6.30. The van der Waals surface area contributed by atoms with E-state index in [-0.39, 0.29) is 6.04 Å². The lowest BCUT2D eigenvalue weighted by Gasteiger charge is -2.18. The second-order valence-electron chi connectivity index (χ2n) is 3.35. The molecule has 0 radical (unpaired) electrons. The van der Waals surface area contributed by atoms with Gasteiger partial charge in [-0.3, -0.25) is 11.3 Å². The van der Waals surface area contributed by atoms with E-state index < -0.39 is 0 Å². The van der Waals surface area contributed by atoms with Gasteiger partial charge in [0.05, 0.1) is 13.2 Å². The first-order valence-electron chi connectivity index (χ1n) is 4.96. The molecule has 1 aromatic carbocycles. The third-order valence-electron chi connectivity index (χ3n) is 2.35.